The predicted molar refractivity (Wildman–Crippen MR) is 93.0 cm³/mol. The van der Waals surface area contributed by atoms with Crippen LogP contribution in [0, 0.1) is 13.8 Å². The predicted octanol–water partition coefficient (Wildman–Crippen LogP) is 3.44. The molecule has 2 aromatic carbocycles. The summed E-state index contributed by atoms with van der Waals surface area (Å²) >= 11 is 6.07. The zero-order chi connectivity index (χ0) is 17.4. The van der Waals surface area contributed by atoms with Gasteiger partial charge in [-0.25, -0.2) is 4.90 Å². The van der Waals surface area contributed by atoms with E-state index in [-0.39, 0.29) is 16.5 Å². The van der Waals surface area contributed by atoms with E-state index in [0.717, 1.165) is 16.0 Å². The fourth-order valence-corrected chi connectivity index (χ4v) is 2.85. The molecule has 2 amide bonds. The molecule has 0 aliphatic carbocycles. The molecule has 1 aliphatic heterocycles. The number of anilines is 2. The number of aryl methyl sites for hydroxylation is 2. The molecule has 6 heteroatoms. The molecule has 0 bridgehead atoms. The normalized spacial score (nSPS) is 14.5. The van der Waals surface area contributed by atoms with E-state index in [1.165, 1.54) is 6.07 Å². The van der Waals surface area contributed by atoms with E-state index >= 15 is 0 Å². The molecular weight excluding hydrogens is 328 g/mol. The molecule has 5 nitrogen and oxygen atoms in total. The third-order valence-corrected chi connectivity index (χ3v) is 4.01. The first kappa shape index (κ1) is 16.1. The summed E-state index contributed by atoms with van der Waals surface area (Å²) in [5.41, 5.74) is 2.58. The van der Waals surface area contributed by atoms with Crippen molar-refractivity contribution >= 4 is 34.8 Å². The molecule has 0 aromatic heterocycles. The Kier molecular flexibility index (Phi) is 4.03. The Hall–Kier alpha value is -2.79. The van der Waals surface area contributed by atoms with E-state index < -0.39 is 11.8 Å². The number of amides is 2. The van der Waals surface area contributed by atoms with E-state index in [9.17, 15) is 14.7 Å². The number of para-hydroxylation sites is 2. The molecule has 0 saturated carbocycles. The van der Waals surface area contributed by atoms with Crippen molar-refractivity contribution < 1.29 is 14.7 Å². The number of benzene rings is 2. The molecule has 1 heterocycles. The van der Waals surface area contributed by atoms with Gasteiger partial charge in [0.25, 0.3) is 11.8 Å². The first-order chi connectivity index (χ1) is 11.4. The maximum atomic E-state index is 12.7. The van der Waals surface area contributed by atoms with Crippen molar-refractivity contribution in [1.82, 2.24) is 0 Å². The van der Waals surface area contributed by atoms with Gasteiger partial charge in [-0.3, -0.25) is 9.59 Å². The molecule has 0 fully saturated rings. The highest BCUT2D eigenvalue weighted by Crippen LogP contribution is 2.32. The first-order valence-electron chi connectivity index (χ1n) is 7.30. The Bertz CT molecular complexity index is 869. The van der Waals surface area contributed by atoms with Gasteiger partial charge in [0.1, 0.15) is 16.5 Å². The summed E-state index contributed by atoms with van der Waals surface area (Å²) in [7, 11) is 0. The zero-order valence-corrected chi connectivity index (χ0v) is 13.9. The van der Waals surface area contributed by atoms with Gasteiger partial charge in [0.15, 0.2) is 0 Å². The van der Waals surface area contributed by atoms with Gasteiger partial charge < -0.3 is 10.4 Å². The number of rotatable bonds is 3. The van der Waals surface area contributed by atoms with Crippen molar-refractivity contribution in [2.24, 2.45) is 0 Å². The van der Waals surface area contributed by atoms with Crippen molar-refractivity contribution in [1.29, 1.82) is 0 Å². The van der Waals surface area contributed by atoms with Gasteiger partial charge in [-0.1, -0.05) is 29.8 Å². The van der Waals surface area contributed by atoms with Gasteiger partial charge in [-0.2, -0.15) is 0 Å². The second-order valence-corrected chi connectivity index (χ2v) is 6.00. The maximum absolute atomic E-state index is 12.7. The molecular formula is C18H15ClN2O3. The van der Waals surface area contributed by atoms with Crippen molar-refractivity contribution in [3.63, 3.8) is 0 Å². The summed E-state index contributed by atoms with van der Waals surface area (Å²) < 4.78 is 0. The Balaban J connectivity index is 1.97. The average Bonchev–Trinajstić information content (AvgIpc) is 2.72. The number of phenols is 1. The minimum atomic E-state index is -0.593. The molecule has 24 heavy (non-hydrogen) atoms. The minimum absolute atomic E-state index is 0.0421. The van der Waals surface area contributed by atoms with Gasteiger partial charge in [0.2, 0.25) is 0 Å². The average molecular weight is 343 g/mol. The Morgan fingerprint density at radius 1 is 1.00 bits per heavy atom. The monoisotopic (exact) mass is 342 g/mol. The quantitative estimate of drug-likeness (QED) is 0.662. The molecule has 3 rings (SSSR count). The van der Waals surface area contributed by atoms with Crippen LogP contribution in [0.3, 0.4) is 0 Å². The number of halogens is 1. The number of carbonyl (C=O) groups excluding carboxylic acids is 2. The van der Waals surface area contributed by atoms with Crippen molar-refractivity contribution in [2.45, 2.75) is 13.8 Å². The molecule has 0 spiro atoms. The lowest BCUT2D eigenvalue weighted by atomic mass is 10.1. The molecule has 0 unspecified atom stereocenters. The highest BCUT2D eigenvalue weighted by Gasteiger charge is 2.39. The molecule has 1 aliphatic rings. The first-order valence-corrected chi connectivity index (χ1v) is 7.68. The largest absolute Gasteiger partial charge is 0.506 e. The lowest BCUT2D eigenvalue weighted by Gasteiger charge is -2.16. The van der Waals surface area contributed by atoms with Crippen LogP contribution in [0.2, 0.25) is 0 Å². The van der Waals surface area contributed by atoms with E-state index in [4.69, 9.17) is 11.6 Å². The Morgan fingerprint density at radius 2 is 1.62 bits per heavy atom. The summed E-state index contributed by atoms with van der Waals surface area (Å²) in [6, 6.07) is 11.8. The standard InChI is InChI=1S/C18H15ClN2O3/c1-10-7-11(2)9-12(8-10)21-17(23)15(19)16(18(21)24)20-13-5-3-4-6-14(13)22/h3-9,20,22H,1-2H3. The van der Waals surface area contributed by atoms with Crippen molar-refractivity contribution in [3.8, 4) is 5.75 Å². The number of aromatic hydroxyl groups is 1. The fraction of sp³-hybridized carbons (Fsp3) is 0.111. The SMILES string of the molecule is Cc1cc(C)cc(N2C(=O)C(Cl)=C(Nc3ccccc3O)C2=O)c1. The fourth-order valence-electron chi connectivity index (χ4n) is 2.64. The molecule has 122 valence electrons. The summed E-state index contributed by atoms with van der Waals surface area (Å²) in [5.74, 6) is -1.19. The lowest BCUT2D eigenvalue weighted by Crippen LogP contribution is -2.32. The van der Waals surface area contributed by atoms with E-state index in [2.05, 4.69) is 5.32 Å². The van der Waals surface area contributed by atoms with Crippen LogP contribution >= 0.6 is 11.6 Å². The Labute approximate surface area is 144 Å². The molecule has 0 saturated heterocycles. The second kappa shape index (κ2) is 6.02. The van der Waals surface area contributed by atoms with Crippen LogP contribution in [0.5, 0.6) is 5.75 Å². The molecule has 0 atom stereocenters. The number of hydrogen-bond donors (Lipinski definition) is 2. The third-order valence-electron chi connectivity index (χ3n) is 3.66. The molecule has 2 aromatic rings. The minimum Gasteiger partial charge on any atom is -0.506 e. The van der Waals surface area contributed by atoms with Crippen LogP contribution in [0.4, 0.5) is 11.4 Å². The second-order valence-electron chi connectivity index (χ2n) is 5.62. The van der Waals surface area contributed by atoms with Crippen molar-refractivity contribution in [3.05, 3.63) is 64.3 Å². The number of nitrogens with one attached hydrogen (secondary N) is 1. The topological polar surface area (TPSA) is 69.6 Å². The van der Waals surface area contributed by atoms with Crippen LogP contribution < -0.4 is 10.2 Å². The van der Waals surface area contributed by atoms with E-state index in [1.807, 2.05) is 19.9 Å². The van der Waals surface area contributed by atoms with E-state index in [0.29, 0.717) is 11.4 Å². The number of imide groups is 1. The summed E-state index contributed by atoms with van der Waals surface area (Å²) in [5, 5.41) is 12.4. The van der Waals surface area contributed by atoms with E-state index in [1.54, 1.807) is 30.3 Å². The van der Waals surface area contributed by atoms with Crippen LogP contribution in [0.15, 0.2) is 53.2 Å². The number of phenolic OH excluding ortho intramolecular Hbond substituents is 1. The highest BCUT2D eigenvalue weighted by atomic mass is 35.5. The molecule has 0 radical (unpaired) electrons. The van der Waals surface area contributed by atoms with Gasteiger partial charge in [0, 0.05) is 0 Å². The summed E-state index contributed by atoms with van der Waals surface area (Å²) in [4.78, 5) is 26.2. The van der Waals surface area contributed by atoms with Gasteiger partial charge in [0.05, 0.1) is 11.4 Å². The van der Waals surface area contributed by atoms with Crippen LogP contribution in [0.1, 0.15) is 11.1 Å². The Morgan fingerprint density at radius 3 is 2.25 bits per heavy atom. The number of nitrogens with zero attached hydrogens (tertiary/aromatic N) is 1. The van der Waals surface area contributed by atoms with Gasteiger partial charge in [-0.05, 0) is 49.2 Å². The van der Waals surface area contributed by atoms with Crippen molar-refractivity contribution in [2.75, 3.05) is 10.2 Å². The highest BCUT2D eigenvalue weighted by molar-refractivity contribution is 6.53. The third kappa shape index (κ3) is 2.74. The van der Waals surface area contributed by atoms with Crippen LogP contribution in [0.25, 0.3) is 0 Å². The van der Waals surface area contributed by atoms with Gasteiger partial charge in [-0.15, -0.1) is 0 Å². The smallest absolute Gasteiger partial charge is 0.283 e. The maximum Gasteiger partial charge on any atom is 0.283 e. The zero-order valence-electron chi connectivity index (χ0n) is 13.1. The van der Waals surface area contributed by atoms with Gasteiger partial charge >= 0.3 is 0 Å². The summed E-state index contributed by atoms with van der Waals surface area (Å²) in [6.45, 7) is 3.77. The number of carbonyl (C=O) groups is 2. The van der Waals surface area contributed by atoms with Crippen LogP contribution in [-0.2, 0) is 9.59 Å². The summed E-state index contributed by atoms with van der Waals surface area (Å²) in [6.07, 6.45) is 0. The van der Waals surface area contributed by atoms with Crippen LogP contribution in [-0.4, -0.2) is 16.9 Å². The molecule has 2 N–H and O–H groups in total. The number of hydrogen-bond acceptors (Lipinski definition) is 4. The lowest BCUT2D eigenvalue weighted by molar-refractivity contribution is -0.120.